The van der Waals surface area contributed by atoms with Gasteiger partial charge in [0, 0.05) is 19.5 Å². The molecule has 3 aromatic carbocycles. The Labute approximate surface area is 245 Å². The molecule has 1 aliphatic heterocycles. The summed E-state index contributed by atoms with van der Waals surface area (Å²) in [6.07, 6.45) is -0.532. The molecular formula is C31H36N4O6S. The van der Waals surface area contributed by atoms with Crippen LogP contribution in [0.1, 0.15) is 62.3 Å². The van der Waals surface area contributed by atoms with E-state index in [-0.39, 0.29) is 30.5 Å². The number of sulfonamides is 1. The van der Waals surface area contributed by atoms with E-state index in [2.05, 4.69) is 10.3 Å². The second-order valence-electron chi connectivity index (χ2n) is 11.8. The molecule has 4 aromatic rings. The van der Waals surface area contributed by atoms with Crippen molar-refractivity contribution < 1.29 is 27.8 Å². The molecule has 1 aromatic heterocycles. The van der Waals surface area contributed by atoms with Crippen LogP contribution in [0.3, 0.4) is 0 Å². The largest absolute Gasteiger partial charge is 0.488 e. The summed E-state index contributed by atoms with van der Waals surface area (Å²) < 4.78 is 42.6. The number of ether oxygens (including phenoxy) is 2. The molecule has 1 aliphatic rings. The first-order valence-corrected chi connectivity index (χ1v) is 15.3. The topological polar surface area (TPSA) is 124 Å². The summed E-state index contributed by atoms with van der Waals surface area (Å²) in [5.41, 5.74) is 3.96. The normalized spacial score (nSPS) is 17.7. The SMILES string of the molecule is Cc1ccc([C@H](CC(=O)O)c2cc(OC(C)(C)C)c3c(c2)nnn3C)cc1CN1C[C@@H](C)Oc2ccccc2S1(=O)=O. The number of fused-ring (bicyclic) bond motifs is 2. The van der Waals surface area contributed by atoms with Crippen molar-refractivity contribution in [3.05, 3.63) is 76.9 Å². The fourth-order valence-corrected chi connectivity index (χ4v) is 6.96. The number of para-hydroxylation sites is 1. The first-order valence-electron chi connectivity index (χ1n) is 13.8. The van der Waals surface area contributed by atoms with Crippen LogP contribution in [0, 0.1) is 6.92 Å². The fraction of sp³-hybridized carbons (Fsp3) is 0.387. The van der Waals surface area contributed by atoms with E-state index < -0.39 is 27.5 Å². The van der Waals surface area contributed by atoms with Gasteiger partial charge in [0.05, 0.1) is 13.0 Å². The standard InChI is InChI=1S/C31H36N4O6S/c1-19-11-12-21(13-23(19)18-35-17-20(2)40-26-9-7-8-10-28(26)42(35,38)39)24(16-29(36)37)22-14-25-30(34(6)33-32-25)27(15-22)41-31(3,4)5/h7-15,20,24H,16-18H2,1-6H3,(H,36,37)/t20-,24+/m1/s1. The van der Waals surface area contributed by atoms with Gasteiger partial charge in [0.25, 0.3) is 0 Å². The Kier molecular flexibility index (Phi) is 7.76. The lowest BCUT2D eigenvalue weighted by Gasteiger charge is -2.25. The number of aryl methyl sites for hydroxylation is 2. The van der Waals surface area contributed by atoms with Gasteiger partial charge >= 0.3 is 5.97 Å². The Balaban J connectivity index is 1.57. The lowest BCUT2D eigenvalue weighted by Crippen LogP contribution is -2.35. The minimum atomic E-state index is -3.84. The number of rotatable bonds is 7. The molecule has 5 rings (SSSR count). The molecule has 0 spiro atoms. The highest BCUT2D eigenvalue weighted by atomic mass is 32.2. The molecular weight excluding hydrogens is 556 g/mol. The maximum absolute atomic E-state index is 13.7. The van der Waals surface area contributed by atoms with E-state index >= 15 is 0 Å². The van der Waals surface area contributed by atoms with Crippen molar-refractivity contribution in [2.24, 2.45) is 7.05 Å². The third kappa shape index (κ3) is 5.98. The summed E-state index contributed by atoms with van der Waals surface area (Å²) >= 11 is 0. The van der Waals surface area contributed by atoms with Crippen molar-refractivity contribution in [2.45, 2.75) is 70.1 Å². The van der Waals surface area contributed by atoms with Crippen LogP contribution in [0.25, 0.3) is 11.0 Å². The summed E-state index contributed by atoms with van der Waals surface area (Å²) in [6.45, 7) is 9.88. The van der Waals surface area contributed by atoms with Crippen LogP contribution in [-0.4, -0.2) is 57.0 Å². The van der Waals surface area contributed by atoms with E-state index in [9.17, 15) is 18.3 Å². The number of carboxylic acids is 1. The minimum Gasteiger partial charge on any atom is -0.488 e. The molecule has 2 atom stereocenters. The number of benzene rings is 3. The van der Waals surface area contributed by atoms with Crippen molar-refractivity contribution in [3.8, 4) is 11.5 Å². The van der Waals surface area contributed by atoms with Gasteiger partial charge in [-0.1, -0.05) is 35.5 Å². The molecule has 0 saturated carbocycles. The molecule has 10 nitrogen and oxygen atoms in total. The maximum Gasteiger partial charge on any atom is 0.304 e. The smallest absolute Gasteiger partial charge is 0.304 e. The highest BCUT2D eigenvalue weighted by Gasteiger charge is 2.34. The molecule has 42 heavy (non-hydrogen) atoms. The average Bonchev–Trinajstić information content (AvgIpc) is 3.24. The van der Waals surface area contributed by atoms with E-state index in [0.29, 0.717) is 17.0 Å². The van der Waals surface area contributed by atoms with Gasteiger partial charge in [-0.05, 0) is 81.1 Å². The molecule has 0 saturated heterocycles. The van der Waals surface area contributed by atoms with Crippen LogP contribution in [0.5, 0.6) is 11.5 Å². The number of carboxylic acid groups (broad SMARTS) is 1. The molecule has 2 heterocycles. The van der Waals surface area contributed by atoms with Crippen molar-refractivity contribution in [2.75, 3.05) is 6.54 Å². The van der Waals surface area contributed by atoms with Crippen LogP contribution in [0.2, 0.25) is 0 Å². The van der Waals surface area contributed by atoms with Gasteiger partial charge in [0.1, 0.15) is 39.1 Å². The molecule has 0 aliphatic carbocycles. The number of aliphatic carboxylic acids is 1. The summed E-state index contributed by atoms with van der Waals surface area (Å²) in [5, 5.41) is 18.4. The average molecular weight is 593 g/mol. The summed E-state index contributed by atoms with van der Waals surface area (Å²) in [7, 11) is -2.05. The van der Waals surface area contributed by atoms with Gasteiger partial charge in [0.2, 0.25) is 10.0 Å². The highest BCUT2D eigenvalue weighted by molar-refractivity contribution is 7.89. The number of nitrogens with zero attached hydrogens (tertiary/aromatic N) is 4. The Morgan fingerprint density at radius 1 is 1.14 bits per heavy atom. The van der Waals surface area contributed by atoms with E-state index in [0.717, 1.165) is 27.8 Å². The molecule has 222 valence electrons. The zero-order valence-corrected chi connectivity index (χ0v) is 25.5. The van der Waals surface area contributed by atoms with E-state index in [1.54, 1.807) is 36.0 Å². The first kappa shape index (κ1) is 29.5. The predicted octanol–water partition coefficient (Wildman–Crippen LogP) is 5.03. The van der Waals surface area contributed by atoms with Crippen molar-refractivity contribution in [1.82, 2.24) is 19.3 Å². The quantitative estimate of drug-likeness (QED) is 0.317. The van der Waals surface area contributed by atoms with Crippen molar-refractivity contribution in [1.29, 1.82) is 0 Å². The van der Waals surface area contributed by atoms with E-state index in [1.165, 1.54) is 4.31 Å². The Hall–Kier alpha value is -3.96. The predicted molar refractivity (Wildman–Crippen MR) is 158 cm³/mol. The van der Waals surface area contributed by atoms with Crippen LogP contribution in [0.4, 0.5) is 0 Å². The molecule has 1 N–H and O–H groups in total. The van der Waals surface area contributed by atoms with Gasteiger partial charge < -0.3 is 14.6 Å². The van der Waals surface area contributed by atoms with Gasteiger partial charge in [0.15, 0.2) is 0 Å². The third-order valence-corrected chi connectivity index (χ3v) is 9.11. The van der Waals surface area contributed by atoms with Gasteiger partial charge in [-0.15, -0.1) is 5.10 Å². The summed E-state index contributed by atoms with van der Waals surface area (Å²) in [6, 6.07) is 16.1. The zero-order valence-electron chi connectivity index (χ0n) is 24.7. The number of carbonyl (C=O) groups is 1. The summed E-state index contributed by atoms with van der Waals surface area (Å²) in [5.74, 6) is -0.600. The van der Waals surface area contributed by atoms with Gasteiger partial charge in [-0.3, -0.25) is 4.79 Å². The lowest BCUT2D eigenvalue weighted by molar-refractivity contribution is -0.137. The van der Waals surface area contributed by atoms with Gasteiger partial charge in [-0.25, -0.2) is 13.1 Å². The number of hydrogen-bond acceptors (Lipinski definition) is 7. The minimum absolute atomic E-state index is 0.116. The molecule has 0 unspecified atom stereocenters. The lowest BCUT2D eigenvalue weighted by atomic mass is 9.86. The Bertz CT molecular complexity index is 1760. The molecule has 0 bridgehead atoms. The Morgan fingerprint density at radius 3 is 2.60 bits per heavy atom. The summed E-state index contributed by atoms with van der Waals surface area (Å²) in [4.78, 5) is 12.3. The Morgan fingerprint density at radius 2 is 1.88 bits per heavy atom. The number of aromatic nitrogens is 3. The van der Waals surface area contributed by atoms with Crippen LogP contribution in [-0.2, 0) is 28.4 Å². The maximum atomic E-state index is 13.7. The third-order valence-electron chi connectivity index (χ3n) is 7.26. The highest BCUT2D eigenvalue weighted by Crippen LogP contribution is 2.37. The number of hydrogen-bond donors (Lipinski definition) is 1. The molecule has 11 heteroatoms. The van der Waals surface area contributed by atoms with Gasteiger partial charge in [-0.2, -0.15) is 4.31 Å². The van der Waals surface area contributed by atoms with Crippen LogP contribution >= 0.6 is 0 Å². The molecule has 0 fully saturated rings. The van der Waals surface area contributed by atoms with Crippen LogP contribution in [0.15, 0.2) is 59.5 Å². The first-order chi connectivity index (χ1) is 19.7. The van der Waals surface area contributed by atoms with Crippen molar-refractivity contribution >= 4 is 27.0 Å². The van der Waals surface area contributed by atoms with Crippen LogP contribution < -0.4 is 9.47 Å². The monoisotopic (exact) mass is 592 g/mol. The molecule has 0 radical (unpaired) electrons. The van der Waals surface area contributed by atoms with Crippen molar-refractivity contribution in [3.63, 3.8) is 0 Å². The van der Waals surface area contributed by atoms with E-state index in [1.807, 2.05) is 65.0 Å². The molecule has 0 amide bonds. The zero-order chi connectivity index (χ0) is 30.4. The van der Waals surface area contributed by atoms with E-state index in [4.69, 9.17) is 9.47 Å². The fourth-order valence-electron chi connectivity index (χ4n) is 5.34. The second-order valence-corrected chi connectivity index (χ2v) is 13.7. The second kappa shape index (κ2) is 11.0.